The van der Waals surface area contributed by atoms with E-state index in [4.69, 9.17) is 5.73 Å². The third kappa shape index (κ3) is 4.07. The fourth-order valence-electron chi connectivity index (χ4n) is 1.16. The molecule has 0 aromatic carbocycles. The number of nitrogens with zero attached hydrogens (tertiary/aromatic N) is 1. The lowest BCUT2D eigenvalue weighted by molar-refractivity contribution is 0.526. The zero-order chi connectivity index (χ0) is 12.9. The van der Waals surface area contributed by atoms with Crippen LogP contribution in [0.2, 0.25) is 0 Å². The molecule has 1 aromatic heterocycles. The predicted octanol–water partition coefficient (Wildman–Crippen LogP) is 0.865. The van der Waals surface area contributed by atoms with Crippen molar-refractivity contribution in [3.63, 3.8) is 0 Å². The van der Waals surface area contributed by atoms with Gasteiger partial charge in [-0.3, -0.25) is 0 Å². The van der Waals surface area contributed by atoms with Crippen LogP contribution in [0.5, 0.6) is 0 Å². The highest BCUT2D eigenvalue weighted by Crippen LogP contribution is 2.07. The summed E-state index contributed by atoms with van der Waals surface area (Å²) < 4.78 is 26.2. The number of nitrogens with one attached hydrogen (secondary N) is 1. The summed E-state index contributed by atoms with van der Waals surface area (Å²) in [6.07, 6.45) is 2.42. The average molecular weight is 257 g/mol. The van der Waals surface area contributed by atoms with Crippen LogP contribution >= 0.6 is 0 Å². The highest BCUT2D eigenvalue weighted by atomic mass is 32.2. The van der Waals surface area contributed by atoms with Gasteiger partial charge in [0.25, 0.3) is 10.0 Å². The van der Waals surface area contributed by atoms with Crippen molar-refractivity contribution in [3.05, 3.63) is 23.9 Å². The van der Waals surface area contributed by atoms with Gasteiger partial charge in [-0.15, -0.1) is 0 Å². The van der Waals surface area contributed by atoms with E-state index >= 15 is 0 Å². The maximum Gasteiger partial charge on any atom is 0.258 e. The number of pyridine rings is 1. The molecule has 96 valence electrons. The number of hydrogen-bond acceptors (Lipinski definition) is 4. The molecule has 0 aliphatic heterocycles. The Morgan fingerprint density at radius 3 is 2.65 bits per heavy atom. The van der Waals surface area contributed by atoms with E-state index in [1.807, 2.05) is 13.8 Å². The molecule has 6 heteroatoms. The van der Waals surface area contributed by atoms with Crippen LogP contribution in [0.1, 0.15) is 25.8 Å². The molecular weight excluding hydrogens is 238 g/mol. The Labute approximate surface area is 102 Å². The summed E-state index contributed by atoms with van der Waals surface area (Å²) in [5.74, 6) is 0.313. The van der Waals surface area contributed by atoms with Crippen molar-refractivity contribution in [3.8, 4) is 0 Å². The van der Waals surface area contributed by atoms with Crippen LogP contribution in [0.15, 0.2) is 23.4 Å². The summed E-state index contributed by atoms with van der Waals surface area (Å²) in [5, 5.41) is 0.0398. The molecule has 1 unspecified atom stereocenters. The standard InChI is InChI=1S/C11H19N3O2S/c1-3-9(2)7-14-17(15,16)11-5-4-10(6-12)8-13-11/h4-5,8-9,14H,3,6-7,12H2,1-2H3. The first-order chi connectivity index (χ1) is 7.99. The minimum atomic E-state index is -3.49. The summed E-state index contributed by atoms with van der Waals surface area (Å²) >= 11 is 0. The second-order valence-electron chi connectivity index (χ2n) is 4.07. The summed E-state index contributed by atoms with van der Waals surface area (Å²) in [5.41, 5.74) is 6.23. The van der Waals surface area contributed by atoms with Gasteiger partial charge in [0, 0.05) is 19.3 Å². The third-order valence-electron chi connectivity index (χ3n) is 2.63. The predicted molar refractivity (Wildman–Crippen MR) is 66.8 cm³/mol. The molecule has 0 spiro atoms. The highest BCUT2D eigenvalue weighted by Gasteiger charge is 2.15. The summed E-state index contributed by atoms with van der Waals surface area (Å²) in [7, 11) is -3.49. The lowest BCUT2D eigenvalue weighted by atomic mass is 10.1. The molecule has 0 saturated carbocycles. The van der Waals surface area contributed by atoms with E-state index in [-0.39, 0.29) is 5.03 Å². The van der Waals surface area contributed by atoms with E-state index in [2.05, 4.69) is 9.71 Å². The molecule has 1 rings (SSSR count). The second-order valence-corrected chi connectivity index (χ2v) is 5.79. The maximum absolute atomic E-state index is 11.8. The van der Waals surface area contributed by atoms with Crippen molar-refractivity contribution >= 4 is 10.0 Å². The Balaban J connectivity index is 2.75. The second kappa shape index (κ2) is 6.09. The quantitative estimate of drug-likeness (QED) is 0.791. The van der Waals surface area contributed by atoms with E-state index in [0.29, 0.717) is 19.0 Å². The molecule has 0 aliphatic carbocycles. The molecule has 0 saturated heterocycles. The molecule has 0 radical (unpaired) electrons. The van der Waals surface area contributed by atoms with Gasteiger partial charge in [0.05, 0.1) is 0 Å². The van der Waals surface area contributed by atoms with Gasteiger partial charge in [-0.05, 0) is 17.5 Å². The van der Waals surface area contributed by atoms with E-state index in [1.54, 1.807) is 6.07 Å². The van der Waals surface area contributed by atoms with Gasteiger partial charge in [0.15, 0.2) is 5.03 Å². The van der Waals surface area contributed by atoms with Crippen LogP contribution in [0, 0.1) is 5.92 Å². The Morgan fingerprint density at radius 2 is 2.18 bits per heavy atom. The number of rotatable bonds is 6. The summed E-state index contributed by atoms with van der Waals surface area (Å²) in [6.45, 7) is 4.80. The van der Waals surface area contributed by atoms with Gasteiger partial charge < -0.3 is 5.73 Å². The van der Waals surface area contributed by atoms with Crippen molar-refractivity contribution in [1.29, 1.82) is 0 Å². The average Bonchev–Trinajstić information content (AvgIpc) is 2.36. The largest absolute Gasteiger partial charge is 0.326 e. The van der Waals surface area contributed by atoms with E-state index in [0.717, 1.165) is 12.0 Å². The smallest absolute Gasteiger partial charge is 0.258 e. The van der Waals surface area contributed by atoms with Crippen molar-refractivity contribution in [2.75, 3.05) is 6.54 Å². The first-order valence-corrected chi connectivity index (χ1v) is 7.12. The Kier molecular flexibility index (Phi) is 5.04. The van der Waals surface area contributed by atoms with Crippen LogP contribution in [-0.4, -0.2) is 19.9 Å². The van der Waals surface area contributed by atoms with Gasteiger partial charge in [-0.1, -0.05) is 26.3 Å². The molecule has 0 aliphatic rings. The molecule has 0 amide bonds. The molecule has 1 heterocycles. The molecule has 1 aromatic rings. The molecule has 3 N–H and O–H groups in total. The van der Waals surface area contributed by atoms with Gasteiger partial charge >= 0.3 is 0 Å². The van der Waals surface area contributed by atoms with Crippen LogP contribution in [0.3, 0.4) is 0 Å². The zero-order valence-electron chi connectivity index (χ0n) is 10.2. The Morgan fingerprint density at radius 1 is 1.47 bits per heavy atom. The molecule has 0 bridgehead atoms. The van der Waals surface area contributed by atoms with Crippen LogP contribution in [-0.2, 0) is 16.6 Å². The van der Waals surface area contributed by atoms with Crippen LogP contribution in [0.25, 0.3) is 0 Å². The minimum absolute atomic E-state index is 0.0398. The lowest BCUT2D eigenvalue weighted by Gasteiger charge is -2.10. The Bertz CT molecular complexity index is 442. The number of nitrogens with two attached hydrogens (primary N) is 1. The van der Waals surface area contributed by atoms with Gasteiger partial charge in [0.2, 0.25) is 0 Å². The fourth-order valence-corrected chi connectivity index (χ4v) is 2.25. The Hall–Kier alpha value is -0.980. The summed E-state index contributed by atoms with van der Waals surface area (Å²) in [4.78, 5) is 3.89. The lowest BCUT2D eigenvalue weighted by Crippen LogP contribution is -2.28. The number of hydrogen-bond donors (Lipinski definition) is 2. The van der Waals surface area contributed by atoms with Crippen molar-refractivity contribution in [2.45, 2.75) is 31.8 Å². The van der Waals surface area contributed by atoms with Crippen LogP contribution < -0.4 is 10.5 Å². The minimum Gasteiger partial charge on any atom is -0.326 e. The maximum atomic E-state index is 11.8. The highest BCUT2D eigenvalue weighted by molar-refractivity contribution is 7.89. The topological polar surface area (TPSA) is 85.1 Å². The molecule has 17 heavy (non-hydrogen) atoms. The first-order valence-electron chi connectivity index (χ1n) is 5.64. The fraction of sp³-hybridized carbons (Fsp3) is 0.545. The van der Waals surface area contributed by atoms with E-state index < -0.39 is 10.0 Å². The number of sulfonamides is 1. The normalized spacial score (nSPS) is 13.6. The van der Waals surface area contributed by atoms with Gasteiger partial charge in [0.1, 0.15) is 0 Å². The van der Waals surface area contributed by atoms with Crippen molar-refractivity contribution in [1.82, 2.24) is 9.71 Å². The van der Waals surface area contributed by atoms with Gasteiger partial charge in [-0.25, -0.2) is 18.1 Å². The van der Waals surface area contributed by atoms with Crippen molar-refractivity contribution < 1.29 is 8.42 Å². The van der Waals surface area contributed by atoms with Gasteiger partial charge in [-0.2, -0.15) is 0 Å². The first kappa shape index (κ1) is 14.1. The monoisotopic (exact) mass is 257 g/mol. The number of aromatic nitrogens is 1. The van der Waals surface area contributed by atoms with E-state index in [1.165, 1.54) is 12.3 Å². The third-order valence-corrected chi connectivity index (χ3v) is 3.97. The molecule has 1 atom stereocenters. The van der Waals surface area contributed by atoms with Crippen molar-refractivity contribution in [2.24, 2.45) is 11.7 Å². The zero-order valence-corrected chi connectivity index (χ0v) is 11.0. The van der Waals surface area contributed by atoms with E-state index in [9.17, 15) is 8.42 Å². The van der Waals surface area contributed by atoms with Crippen LogP contribution in [0.4, 0.5) is 0 Å². The SMILES string of the molecule is CCC(C)CNS(=O)(=O)c1ccc(CN)cn1. The summed E-state index contributed by atoms with van der Waals surface area (Å²) in [6, 6.07) is 3.14. The molecule has 0 fully saturated rings. The molecular formula is C11H19N3O2S. The molecule has 5 nitrogen and oxygen atoms in total.